The first-order valence-electron chi connectivity index (χ1n) is 8.33. The standard InChI is InChI=1S/C7H12O4.2C6H10O2/c1-7(2,6(10)11)4-3-5(8)9;2*1-4-8-6(7)5(2)3/h3-4H2,1-2H3,(H,8,9)(H,10,11);2*2,4H2,1,3H3. The molecule has 0 aromatic carbocycles. The van der Waals surface area contributed by atoms with Crippen LogP contribution in [0, 0.1) is 5.41 Å². The van der Waals surface area contributed by atoms with Crippen molar-refractivity contribution in [1.29, 1.82) is 0 Å². The van der Waals surface area contributed by atoms with E-state index in [4.69, 9.17) is 10.2 Å². The predicted molar refractivity (Wildman–Crippen MR) is 101 cm³/mol. The summed E-state index contributed by atoms with van der Waals surface area (Å²) in [6.07, 6.45) is 0.0664. The quantitative estimate of drug-likeness (QED) is 0.479. The van der Waals surface area contributed by atoms with E-state index in [2.05, 4.69) is 22.6 Å². The Hall–Kier alpha value is -2.64. The Kier molecular flexibility index (Phi) is 16.8. The van der Waals surface area contributed by atoms with Crippen LogP contribution in [0.3, 0.4) is 0 Å². The number of hydrogen-bond acceptors (Lipinski definition) is 6. The van der Waals surface area contributed by atoms with Gasteiger partial charge in [0, 0.05) is 17.6 Å². The second-order valence-corrected chi connectivity index (χ2v) is 6.08. The molecule has 0 amide bonds. The van der Waals surface area contributed by atoms with Crippen LogP contribution in [-0.2, 0) is 28.7 Å². The molecule has 0 fully saturated rings. The van der Waals surface area contributed by atoms with E-state index in [1.54, 1.807) is 27.7 Å². The molecule has 8 heteroatoms. The van der Waals surface area contributed by atoms with Crippen LogP contribution < -0.4 is 0 Å². The summed E-state index contributed by atoms with van der Waals surface area (Å²) in [7, 11) is 0. The number of carbonyl (C=O) groups is 4. The summed E-state index contributed by atoms with van der Waals surface area (Å²) >= 11 is 0. The first-order chi connectivity index (χ1) is 12.2. The van der Waals surface area contributed by atoms with Gasteiger partial charge in [-0.3, -0.25) is 9.59 Å². The van der Waals surface area contributed by atoms with Crippen molar-refractivity contribution in [1.82, 2.24) is 0 Å². The smallest absolute Gasteiger partial charge is 0.333 e. The van der Waals surface area contributed by atoms with Gasteiger partial charge in [-0.15, -0.1) is 0 Å². The van der Waals surface area contributed by atoms with Crippen LogP contribution in [0.15, 0.2) is 24.3 Å². The molecule has 2 N–H and O–H groups in total. The number of carboxylic acids is 2. The van der Waals surface area contributed by atoms with Crippen LogP contribution >= 0.6 is 0 Å². The lowest BCUT2D eigenvalue weighted by molar-refractivity contribution is -0.148. The molecule has 0 spiro atoms. The number of ether oxygens (including phenoxy) is 2. The summed E-state index contributed by atoms with van der Waals surface area (Å²) < 4.78 is 9.13. The Morgan fingerprint density at radius 1 is 0.852 bits per heavy atom. The molecule has 8 nitrogen and oxygen atoms in total. The minimum absolute atomic E-state index is 0.0979. The highest BCUT2D eigenvalue weighted by Crippen LogP contribution is 2.21. The van der Waals surface area contributed by atoms with Gasteiger partial charge < -0.3 is 19.7 Å². The van der Waals surface area contributed by atoms with E-state index in [1.807, 2.05) is 0 Å². The number of carbonyl (C=O) groups excluding carboxylic acids is 2. The molecule has 0 aliphatic rings. The highest BCUT2D eigenvalue weighted by molar-refractivity contribution is 5.87. The van der Waals surface area contributed by atoms with Gasteiger partial charge in [-0.2, -0.15) is 0 Å². The molecule has 0 aromatic heterocycles. The summed E-state index contributed by atoms with van der Waals surface area (Å²) in [5.74, 6) is -2.54. The molecule has 0 atom stereocenters. The maximum absolute atomic E-state index is 10.4. The third kappa shape index (κ3) is 19.5. The van der Waals surface area contributed by atoms with E-state index >= 15 is 0 Å². The molecule has 0 rings (SSSR count). The van der Waals surface area contributed by atoms with Gasteiger partial charge in [0.2, 0.25) is 0 Å². The Labute approximate surface area is 160 Å². The minimum atomic E-state index is -0.959. The first kappa shape index (κ1) is 29.1. The van der Waals surface area contributed by atoms with Crippen LogP contribution in [-0.4, -0.2) is 47.3 Å². The van der Waals surface area contributed by atoms with Crippen LogP contribution in [0.1, 0.15) is 54.4 Å². The maximum Gasteiger partial charge on any atom is 0.333 e. The highest BCUT2D eigenvalue weighted by atomic mass is 16.5. The Morgan fingerprint density at radius 3 is 1.33 bits per heavy atom. The average molecular weight is 388 g/mol. The molecule has 0 bridgehead atoms. The van der Waals surface area contributed by atoms with Gasteiger partial charge in [0.25, 0.3) is 0 Å². The zero-order valence-corrected chi connectivity index (χ0v) is 17.1. The third-order valence-corrected chi connectivity index (χ3v) is 2.79. The molecular weight excluding hydrogens is 356 g/mol. The van der Waals surface area contributed by atoms with Crippen LogP contribution in [0.4, 0.5) is 0 Å². The Bertz CT molecular complexity index is 504. The molecular formula is C19H32O8. The van der Waals surface area contributed by atoms with E-state index in [-0.39, 0.29) is 24.8 Å². The van der Waals surface area contributed by atoms with Crippen molar-refractivity contribution in [3.05, 3.63) is 24.3 Å². The van der Waals surface area contributed by atoms with Crippen LogP contribution in [0.2, 0.25) is 0 Å². The summed E-state index contributed by atoms with van der Waals surface area (Å²) in [6, 6.07) is 0. The third-order valence-electron chi connectivity index (χ3n) is 2.79. The zero-order chi connectivity index (χ0) is 22.2. The molecule has 0 saturated carbocycles. The second-order valence-electron chi connectivity index (χ2n) is 6.08. The van der Waals surface area contributed by atoms with Crippen molar-refractivity contribution in [2.24, 2.45) is 5.41 Å². The predicted octanol–water partition coefficient (Wildman–Crippen LogP) is 3.21. The van der Waals surface area contributed by atoms with Crippen molar-refractivity contribution >= 4 is 23.9 Å². The SMILES string of the molecule is C=C(C)C(=O)OCC.C=C(C)C(=O)OCC.CC(C)(CCC(=O)O)C(=O)O. The number of rotatable bonds is 8. The second kappa shape index (κ2) is 15.6. The van der Waals surface area contributed by atoms with Gasteiger partial charge in [0.05, 0.1) is 18.6 Å². The molecule has 0 aliphatic heterocycles. The topological polar surface area (TPSA) is 127 Å². The van der Waals surface area contributed by atoms with Crippen molar-refractivity contribution in [2.75, 3.05) is 13.2 Å². The number of esters is 2. The first-order valence-corrected chi connectivity index (χ1v) is 8.33. The molecule has 156 valence electrons. The lowest BCUT2D eigenvalue weighted by Crippen LogP contribution is -2.24. The van der Waals surface area contributed by atoms with Crippen molar-refractivity contribution < 1.29 is 38.9 Å². The van der Waals surface area contributed by atoms with Gasteiger partial charge in [0.1, 0.15) is 0 Å². The molecule has 0 heterocycles. The van der Waals surface area contributed by atoms with Crippen LogP contribution in [0.5, 0.6) is 0 Å². The normalized spacial score (nSPS) is 9.41. The fraction of sp³-hybridized carbons (Fsp3) is 0.579. The minimum Gasteiger partial charge on any atom is -0.481 e. The molecule has 0 aromatic rings. The average Bonchev–Trinajstić information content (AvgIpc) is 2.54. The molecule has 0 aliphatic carbocycles. The van der Waals surface area contributed by atoms with Gasteiger partial charge in [-0.05, 0) is 48.0 Å². The van der Waals surface area contributed by atoms with E-state index in [1.165, 1.54) is 13.8 Å². The largest absolute Gasteiger partial charge is 0.481 e. The number of carboxylic acid groups (broad SMARTS) is 2. The van der Waals surface area contributed by atoms with Gasteiger partial charge in [0.15, 0.2) is 0 Å². The Morgan fingerprint density at radius 2 is 1.19 bits per heavy atom. The lowest BCUT2D eigenvalue weighted by atomic mass is 9.88. The maximum atomic E-state index is 10.4. The van der Waals surface area contributed by atoms with E-state index in [0.717, 1.165) is 0 Å². The Balaban J connectivity index is -0.000000327. The van der Waals surface area contributed by atoms with Crippen molar-refractivity contribution in [3.8, 4) is 0 Å². The molecule has 0 unspecified atom stereocenters. The van der Waals surface area contributed by atoms with Crippen LogP contribution in [0.25, 0.3) is 0 Å². The highest BCUT2D eigenvalue weighted by Gasteiger charge is 2.27. The molecule has 27 heavy (non-hydrogen) atoms. The molecule has 0 radical (unpaired) electrons. The summed E-state index contributed by atoms with van der Waals surface area (Å²) in [5, 5.41) is 16.8. The summed E-state index contributed by atoms with van der Waals surface area (Å²) in [4.78, 5) is 41.4. The van der Waals surface area contributed by atoms with E-state index < -0.39 is 17.4 Å². The van der Waals surface area contributed by atoms with E-state index in [9.17, 15) is 19.2 Å². The van der Waals surface area contributed by atoms with Gasteiger partial charge in [-0.25, -0.2) is 9.59 Å². The van der Waals surface area contributed by atoms with E-state index in [0.29, 0.717) is 24.4 Å². The molecule has 0 saturated heterocycles. The van der Waals surface area contributed by atoms with Crippen molar-refractivity contribution in [2.45, 2.75) is 54.4 Å². The summed E-state index contributed by atoms with van der Waals surface area (Å²) in [5.41, 5.74) is -0.0306. The van der Waals surface area contributed by atoms with Gasteiger partial charge in [-0.1, -0.05) is 13.2 Å². The summed E-state index contributed by atoms with van der Waals surface area (Å²) in [6.45, 7) is 17.4. The fourth-order valence-corrected chi connectivity index (χ4v) is 1.03. The van der Waals surface area contributed by atoms with Crippen molar-refractivity contribution in [3.63, 3.8) is 0 Å². The lowest BCUT2D eigenvalue weighted by Gasteiger charge is -2.16. The monoisotopic (exact) mass is 388 g/mol. The number of aliphatic carboxylic acids is 2. The zero-order valence-electron chi connectivity index (χ0n) is 17.1. The fourth-order valence-electron chi connectivity index (χ4n) is 1.03. The number of hydrogen-bond donors (Lipinski definition) is 2. The van der Waals surface area contributed by atoms with Gasteiger partial charge >= 0.3 is 23.9 Å².